The zero-order chi connectivity index (χ0) is 11.1. The highest BCUT2D eigenvalue weighted by Crippen LogP contribution is 2.45. The topological polar surface area (TPSA) is 15.3 Å². The minimum Gasteiger partial charge on any atom is -0.388 e. The molecule has 2 heteroatoms. The van der Waals surface area contributed by atoms with E-state index in [9.17, 15) is 0 Å². The molecule has 1 aliphatic carbocycles. The highest BCUT2D eigenvalue weighted by Gasteiger charge is 2.28. The molecule has 1 fully saturated rings. The van der Waals surface area contributed by atoms with Crippen LogP contribution in [0.4, 0.5) is 5.69 Å². The highest BCUT2D eigenvalue weighted by molar-refractivity contribution is 5.58. The Morgan fingerprint density at radius 3 is 2.50 bits per heavy atom. The minimum absolute atomic E-state index is 0.837. The van der Waals surface area contributed by atoms with Crippen molar-refractivity contribution in [2.45, 2.75) is 38.8 Å². The smallest absolute Gasteiger partial charge is 0.0376 e. The first-order valence-corrected chi connectivity index (χ1v) is 6.37. The summed E-state index contributed by atoms with van der Waals surface area (Å²) in [6.07, 6.45) is 2.76. The van der Waals surface area contributed by atoms with Crippen molar-refractivity contribution >= 4 is 5.69 Å². The molecule has 1 aromatic carbocycles. The van der Waals surface area contributed by atoms with Gasteiger partial charge in [0.05, 0.1) is 0 Å². The molecular weight excluding hydrogens is 196 g/mol. The van der Waals surface area contributed by atoms with Gasteiger partial charge in [-0.15, -0.1) is 0 Å². The number of hydrogen-bond donors (Lipinski definition) is 1. The van der Waals surface area contributed by atoms with Crippen LogP contribution >= 0.6 is 0 Å². The number of hydrogen-bond acceptors (Lipinski definition) is 2. The molecule has 0 bridgehead atoms. The first-order chi connectivity index (χ1) is 7.81. The number of fused-ring (bicyclic) bond motifs is 1. The molecule has 86 valence electrons. The third kappa shape index (κ3) is 1.61. The van der Waals surface area contributed by atoms with Gasteiger partial charge >= 0.3 is 0 Å². The van der Waals surface area contributed by atoms with Crippen molar-refractivity contribution in [2.75, 3.05) is 18.9 Å². The predicted octanol–water partition coefficient (Wildman–Crippen LogP) is 2.94. The van der Waals surface area contributed by atoms with Crippen LogP contribution in [0.1, 0.15) is 42.4 Å². The number of anilines is 1. The van der Waals surface area contributed by atoms with Crippen molar-refractivity contribution in [1.29, 1.82) is 0 Å². The fraction of sp³-hybridized carbons (Fsp3) is 0.571. The second-order valence-electron chi connectivity index (χ2n) is 5.04. The van der Waals surface area contributed by atoms with Gasteiger partial charge < -0.3 is 5.32 Å². The maximum Gasteiger partial charge on any atom is 0.0376 e. The highest BCUT2D eigenvalue weighted by atomic mass is 15.1. The Labute approximate surface area is 97.6 Å². The molecule has 3 rings (SSSR count). The number of benzene rings is 1. The lowest BCUT2D eigenvalue weighted by atomic mass is 10.0. The lowest BCUT2D eigenvalue weighted by molar-refractivity contribution is 0.301. The molecule has 0 saturated heterocycles. The van der Waals surface area contributed by atoms with Crippen molar-refractivity contribution < 1.29 is 0 Å². The van der Waals surface area contributed by atoms with Crippen LogP contribution in [0.5, 0.6) is 0 Å². The van der Waals surface area contributed by atoms with Gasteiger partial charge in [0.1, 0.15) is 0 Å². The van der Waals surface area contributed by atoms with E-state index in [0.29, 0.717) is 0 Å². The van der Waals surface area contributed by atoms with Gasteiger partial charge in [-0.3, -0.25) is 4.90 Å². The van der Waals surface area contributed by atoms with Gasteiger partial charge in [0, 0.05) is 25.8 Å². The fourth-order valence-corrected chi connectivity index (χ4v) is 2.71. The van der Waals surface area contributed by atoms with E-state index >= 15 is 0 Å². The van der Waals surface area contributed by atoms with Crippen LogP contribution in [0.25, 0.3) is 0 Å². The third-order valence-electron chi connectivity index (χ3n) is 3.89. The van der Waals surface area contributed by atoms with E-state index in [4.69, 9.17) is 0 Å². The molecule has 0 spiro atoms. The molecule has 1 N–H and O–H groups in total. The van der Waals surface area contributed by atoms with Gasteiger partial charge in [-0.2, -0.15) is 0 Å². The predicted molar refractivity (Wildman–Crippen MR) is 67.8 cm³/mol. The van der Waals surface area contributed by atoms with Crippen molar-refractivity contribution in [3.8, 4) is 0 Å². The molecule has 1 aromatic rings. The molecule has 0 atom stereocenters. The molecule has 0 amide bonds. The summed E-state index contributed by atoms with van der Waals surface area (Å²) in [5, 5.41) is 3.36. The summed E-state index contributed by atoms with van der Waals surface area (Å²) in [5.41, 5.74) is 6.00. The van der Waals surface area contributed by atoms with Crippen LogP contribution < -0.4 is 5.32 Å². The summed E-state index contributed by atoms with van der Waals surface area (Å²) in [6, 6.07) is 4.83. The zero-order valence-corrected chi connectivity index (χ0v) is 10.2. The van der Waals surface area contributed by atoms with E-state index in [1.165, 1.54) is 24.1 Å². The average molecular weight is 216 g/mol. The Morgan fingerprint density at radius 1 is 1.25 bits per heavy atom. The van der Waals surface area contributed by atoms with Crippen molar-refractivity contribution in [3.63, 3.8) is 0 Å². The monoisotopic (exact) mass is 216 g/mol. The van der Waals surface area contributed by atoms with Crippen LogP contribution in [0, 0.1) is 0 Å². The number of rotatable bonds is 3. The van der Waals surface area contributed by atoms with E-state index in [0.717, 1.165) is 25.6 Å². The van der Waals surface area contributed by atoms with E-state index in [-0.39, 0.29) is 0 Å². The quantitative estimate of drug-likeness (QED) is 0.835. The van der Waals surface area contributed by atoms with Crippen molar-refractivity contribution in [2.24, 2.45) is 0 Å². The summed E-state index contributed by atoms with van der Waals surface area (Å²) in [7, 11) is 2.04. The normalized spacial score (nSPS) is 19.9. The van der Waals surface area contributed by atoms with Crippen LogP contribution in [0.2, 0.25) is 0 Å². The standard InChI is InChI=1S/C14H20N2/c1-3-16-8-11-6-13(10-4-5-10)14(15-2)7-12(11)9-16/h6-7,10,15H,3-5,8-9H2,1-2H3. The Hall–Kier alpha value is -1.02. The van der Waals surface area contributed by atoms with Crippen LogP contribution in [-0.2, 0) is 13.1 Å². The van der Waals surface area contributed by atoms with Gasteiger partial charge in [-0.25, -0.2) is 0 Å². The van der Waals surface area contributed by atoms with E-state index in [1.54, 1.807) is 11.1 Å². The van der Waals surface area contributed by atoms with Crippen molar-refractivity contribution in [3.05, 3.63) is 28.8 Å². The van der Waals surface area contributed by atoms with Crippen LogP contribution in [0.3, 0.4) is 0 Å². The molecule has 1 aliphatic heterocycles. The Balaban J connectivity index is 1.97. The first-order valence-electron chi connectivity index (χ1n) is 6.37. The van der Waals surface area contributed by atoms with Gasteiger partial charge in [0.2, 0.25) is 0 Å². The second kappa shape index (κ2) is 3.77. The Bertz CT molecular complexity index is 407. The zero-order valence-electron chi connectivity index (χ0n) is 10.2. The molecule has 16 heavy (non-hydrogen) atoms. The Morgan fingerprint density at radius 2 is 1.94 bits per heavy atom. The number of nitrogens with one attached hydrogen (secondary N) is 1. The maximum atomic E-state index is 3.36. The number of nitrogens with zero attached hydrogens (tertiary/aromatic N) is 1. The second-order valence-corrected chi connectivity index (χ2v) is 5.04. The van der Waals surface area contributed by atoms with Gasteiger partial charge in [0.25, 0.3) is 0 Å². The first kappa shape index (κ1) is 10.2. The summed E-state index contributed by atoms with van der Waals surface area (Å²) >= 11 is 0. The molecule has 0 radical (unpaired) electrons. The van der Waals surface area contributed by atoms with E-state index in [2.05, 4.69) is 29.3 Å². The van der Waals surface area contributed by atoms with E-state index in [1.807, 2.05) is 7.05 Å². The summed E-state index contributed by atoms with van der Waals surface area (Å²) in [4.78, 5) is 2.50. The summed E-state index contributed by atoms with van der Waals surface area (Å²) < 4.78 is 0. The lowest BCUT2D eigenvalue weighted by Crippen LogP contribution is -2.14. The van der Waals surface area contributed by atoms with E-state index < -0.39 is 0 Å². The molecule has 0 aromatic heterocycles. The van der Waals surface area contributed by atoms with Crippen molar-refractivity contribution in [1.82, 2.24) is 4.90 Å². The van der Waals surface area contributed by atoms with Gasteiger partial charge in [-0.1, -0.05) is 13.0 Å². The van der Waals surface area contributed by atoms with Gasteiger partial charge in [0.15, 0.2) is 0 Å². The summed E-state index contributed by atoms with van der Waals surface area (Å²) in [5.74, 6) is 0.837. The van der Waals surface area contributed by atoms with Crippen LogP contribution in [0.15, 0.2) is 12.1 Å². The molecule has 1 saturated carbocycles. The largest absolute Gasteiger partial charge is 0.388 e. The summed E-state index contributed by atoms with van der Waals surface area (Å²) in [6.45, 7) is 5.68. The Kier molecular flexibility index (Phi) is 2.40. The molecule has 0 unspecified atom stereocenters. The van der Waals surface area contributed by atoms with Crippen LogP contribution in [-0.4, -0.2) is 18.5 Å². The average Bonchev–Trinajstić information content (AvgIpc) is 3.07. The molecule has 2 nitrogen and oxygen atoms in total. The molecule has 2 aliphatic rings. The van der Waals surface area contributed by atoms with Gasteiger partial charge in [-0.05, 0) is 48.1 Å². The third-order valence-corrected chi connectivity index (χ3v) is 3.89. The lowest BCUT2D eigenvalue weighted by Gasteiger charge is -2.10. The SMILES string of the molecule is CCN1Cc2cc(NC)c(C3CC3)cc2C1. The maximum absolute atomic E-state index is 3.36. The molecular formula is C14H20N2. The minimum atomic E-state index is 0.837. The fourth-order valence-electron chi connectivity index (χ4n) is 2.71. The molecule has 1 heterocycles.